The predicted molar refractivity (Wildman–Crippen MR) is 93.3 cm³/mol. The zero-order chi connectivity index (χ0) is 19.9. The van der Waals surface area contributed by atoms with Crippen LogP contribution < -0.4 is 67.5 Å². The van der Waals surface area contributed by atoms with Crippen LogP contribution in [0.4, 0.5) is 0 Å². The number of fused-ring (bicyclic) bond motifs is 1. The first-order valence-corrected chi connectivity index (χ1v) is 8.90. The van der Waals surface area contributed by atoms with Crippen LogP contribution in [0.15, 0.2) is 30.0 Å². The van der Waals surface area contributed by atoms with Crippen LogP contribution in [0.25, 0.3) is 4.91 Å². The van der Waals surface area contributed by atoms with Crippen LogP contribution in [0.5, 0.6) is 0 Å². The smallest absolute Gasteiger partial charge is 0.543 e. The van der Waals surface area contributed by atoms with Crippen molar-refractivity contribution in [3.05, 3.63) is 41.1 Å². The van der Waals surface area contributed by atoms with Gasteiger partial charge in [0.1, 0.15) is 5.37 Å². The number of rotatable bonds is 6. The average molecular weight is 429 g/mol. The van der Waals surface area contributed by atoms with Gasteiger partial charge in [-0.15, -0.1) is 0 Å². The van der Waals surface area contributed by atoms with Crippen LogP contribution in [0.3, 0.4) is 0 Å². The molecule has 2 aliphatic rings. The van der Waals surface area contributed by atoms with Gasteiger partial charge in [0, 0.05) is 10.5 Å². The number of hydrogen-bond acceptors (Lipinski definition) is 7. The van der Waals surface area contributed by atoms with Crippen molar-refractivity contribution in [3.8, 4) is 0 Å². The number of carboxylic acid groups (broad SMARTS) is 1. The second-order valence-electron chi connectivity index (χ2n) is 6.18. The first-order valence-electron chi connectivity index (χ1n) is 8.02. The Kier molecular flexibility index (Phi) is 7.48. The molecule has 0 aromatic heterocycles. The van der Waals surface area contributed by atoms with E-state index in [1.165, 1.54) is 19.1 Å². The van der Waals surface area contributed by atoms with Gasteiger partial charge < -0.3 is 26.1 Å². The van der Waals surface area contributed by atoms with Crippen molar-refractivity contribution in [2.45, 2.75) is 18.4 Å². The fraction of sp³-hybridized carbons (Fsp3) is 0.294. The topological polar surface area (TPSA) is 153 Å². The minimum absolute atomic E-state index is 0. The van der Waals surface area contributed by atoms with E-state index in [4.69, 9.17) is 5.73 Å². The van der Waals surface area contributed by atoms with E-state index in [9.17, 15) is 29.4 Å². The number of amides is 3. The van der Waals surface area contributed by atoms with E-state index >= 15 is 0 Å². The quantitative estimate of drug-likeness (QED) is 0.303. The van der Waals surface area contributed by atoms with Gasteiger partial charge in [0.2, 0.25) is 11.8 Å². The number of aliphatic hydroxyl groups excluding tert-OH is 1. The van der Waals surface area contributed by atoms with E-state index in [1.807, 2.05) is 0 Å². The van der Waals surface area contributed by atoms with Crippen LogP contribution in [0.2, 0.25) is 0 Å². The Morgan fingerprint density at radius 2 is 2.07 bits per heavy atom. The Morgan fingerprint density at radius 1 is 1.39 bits per heavy atom. The largest absolute Gasteiger partial charge is 1.00 e. The molecular formula is C17H16KN3O6S. The Morgan fingerprint density at radius 3 is 2.64 bits per heavy atom. The molecule has 2 aliphatic heterocycles. The van der Waals surface area contributed by atoms with Gasteiger partial charge in [-0.25, -0.2) is 0 Å². The molecule has 0 saturated carbocycles. The first-order chi connectivity index (χ1) is 12.7. The molecule has 0 bridgehead atoms. The molecule has 0 radical (unpaired) electrons. The van der Waals surface area contributed by atoms with Gasteiger partial charge in [-0.3, -0.25) is 19.3 Å². The van der Waals surface area contributed by atoms with Crippen molar-refractivity contribution < 1.29 is 80.8 Å². The van der Waals surface area contributed by atoms with E-state index in [1.54, 1.807) is 12.1 Å². The van der Waals surface area contributed by atoms with Crippen molar-refractivity contribution in [2.75, 3.05) is 6.54 Å². The molecule has 3 atom stereocenters. The number of nitrogens with zero attached hydrogens (tertiary/aromatic N) is 1. The number of nitrogens with one attached hydrogen (secondary N) is 1. The summed E-state index contributed by atoms with van der Waals surface area (Å²) in [5, 5.41) is 23.2. The third kappa shape index (κ3) is 4.20. The minimum atomic E-state index is -1.51. The molecule has 9 nitrogen and oxygen atoms in total. The van der Waals surface area contributed by atoms with Gasteiger partial charge in [0.15, 0.2) is 0 Å². The zero-order valence-electron chi connectivity index (χ0n) is 15.2. The van der Waals surface area contributed by atoms with Crippen LogP contribution in [-0.2, 0) is 14.4 Å². The summed E-state index contributed by atoms with van der Waals surface area (Å²) in [6.07, 6.45) is -0.917. The molecule has 3 rings (SSSR count). The van der Waals surface area contributed by atoms with Gasteiger partial charge in [-0.1, -0.05) is 23.9 Å². The summed E-state index contributed by atoms with van der Waals surface area (Å²) >= 11 is 1.13. The monoisotopic (exact) mass is 429 g/mol. The Labute approximate surface area is 207 Å². The molecule has 4 N–H and O–H groups in total. The van der Waals surface area contributed by atoms with Crippen LogP contribution in [0, 0.1) is 5.92 Å². The standard InChI is InChI=1S/C17H17N3O6S.K/c1-7(21)11-15(24)20-12(17(25)26)13(27-16(11)20)8-3-2-4-9(5-8)14(23)19-6-10(18)22;/h2-5,7,11,16,21H,6H2,1H3,(H2,18,22)(H,19,23)(H,25,26);/q;+1/p-1/t7-,11+,16-;/m1./s1. The normalized spacial score (nSPS) is 21.4. The fourth-order valence-corrected chi connectivity index (χ4v) is 4.65. The summed E-state index contributed by atoms with van der Waals surface area (Å²) in [6.45, 7) is 1.14. The SMILES string of the molecule is C[C@@H](O)[C@H]1C(=O)N2C(C(=O)[O-])=C(c3cccc(C(=O)NCC(N)=O)c3)S[C@H]12.[K+]. The average Bonchev–Trinajstić information content (AvgIpc) is 2.94. The number of carboxylic acids is 1. The molecule has 28 heavy (non-hydrogen) atoms. The molecule has 0 unspecified atom stereocenters. The molecule has 3 amide bonds. The summed E-state index contributed by atoms with van der Waals surface area (Å²) in [4.78, 5) is 48.1. The minimum Gasteiger partial charge on any atom is -0.543 e. The number of β-lactam (4-membered cyclic amide) rings is 1. The number of primary amides is 1. The van der Waals surface area contributed by atoms with E-state index in [0.29, 0.717) is 5.56 Å². The second kappa shape index (κ2) is 9.07. The molecule has 142 valence electrons. The van der Waals surface area contributed by atoms with Crippen molar-refractivity contribution in [3.63, 3.8) is 0 Å². The van der Waals surface area contributed by atoms with Crippen LogP contribution in [0.1, 0.15) is 22.8 Å². The molecule has 1 aromatic carbocycles. The van der Waals surface area contributed by atoms with E-state index in [2.05, 4.69) is 5.32 Å². The number of aliphatic carboxylic acids is 1. The fourth-order valence-electron chi connectivity index (χ4n) is 3.05. The van der Waals surface area contributed by atoms with E-state index in [0.717, 1.165) is 16.7 Å². The number of carbonyl (C=O) groups is 4. The van der Waals surface area contributed by atoms with Crippen molar-refractivity contribution >= 4 is 40.4 Å². The molecular weight excluding hydrogens is 413 g/mol. The third-order valence-electron chi connectivity index (χ3n) is 4.30. The number of aliphatic hydroxyl groups is 1. The maximum Gasteiger partial charge on any atom is 1.00 e. The third-order valence-corrected chi connectivity index (χ3v) is 5.71. The summed E-state index contributed by atoms with van der Waals surface area (Å²) in [6, 6.07) is 6.11. The molecule has 2 heterocycles. The summed E-state index contributed by atoms with van der Waals surface area (Å²) in [5.41, 5.74) is 5.33. The molecule has 11 heteroatoms. The maximum absolute atomic E-state index is 12.2. The van der Waals surface area contributed by atoms with Crippen molar-refractivity contribution in [2.24, 2.45) is 11.7 Å². The number of carbonyl (C=O) groups excluding carboxylic acids is 4. The van der Waals surface area contributed by atoms with Gasteiger partial charge in [0.25, 0.3) is 5.91 Å². The van der Waals surface area contributed by atoms with Gasteiger partial charge in [0.05, 0.1) is 30.2 Å². The second-order valence-corrected chi connectivity index (χ2v) is 7.30. The Balaban J connectivity index is 0.00000280. The number of hydrogen-bond donors (Lipinski definition) is 3. The maximum atomic E-state index is 12.2. The molecule has 1 saturated heterocycles. The van der Waals surface area contributed by atoms with Crippen LogP contribution in [-0.4, -0.2) is 51.7 Å². The van der Waals surface area contributed by atoms with Gasteiger partial charge >= 0.3 is 51.4 Å². The number of benzene rings is 1. The van der Waals surface area contributed by atoms with Crippen molar-refractivity contribution in [1.82, 2.24) is 10.2 Å². The van der Waals surface area contributed by atoms with Crippen LogP contribution >= 0.6 is 11.8 Å². The summed E-state index contributed by atoms with van der Waals surface area (Å²) in [7, 11) is 0. The Hall–Kier alpha value is -1.21. The van der Waals surface area contributed by atoms with Gasteiger partial charge in [-0.2, -0.15) is 0 Å². The predicted octanol–water partition coefficient (Wildman–Crippen LogP) is -4.76. The molecule has 1 aromatic rings. The first kappa shape index (κ1) is 23.1. The summed E-state index contributed by atoms with van der Waals surface area (Å²) < 4.78 is 0. The zero-order valence-corrected chi connectivity index (χ0v) is 19.1. The van der Waals surface area contributed by atoms with Gasteiger partial charge in [-0.05, 0) is 24.6 Å². The number of nitrogens with two attached hydrogens (primary N) is 1. The van der Waals surface area contributed by atoms with E-state index < -0.39 is 41.1 Å². The summed E-state index contributed by atoms with van der Waals surface area (Å²) in [5.74, 6) is -3.94. The molecule has 1 fully saturated rings. The Bertz CT molecular complexity index is 887. The molecule has 0 spiro atoms. The molecule has 0 aliphatic carbocycles. The number of thioether (sulfide) groups is 1. The van der Waals surface area contributed by atoms with Crippen molar-refractivity contribution in [1.29, 1.82) is 0 Å². The van der Waals surface area contributed by atoms with E-state index in [-0.39, 0.29) is 74.1 Å².